The molecule has 106 valence electrons. The summed E-state index contributed by atoms with van der Waals surface area (Å²) >= 11 is 0. The lowest BCUT2D eigenvalue weighted by molar-refractivity contribution is 0.0971. The van der Waals surface area contributed by atoms with Gasteiger partial charge in [0.1, 0.15) is 0 Å². The number of ketones is 1. The maximum atomic E-state index is 11.9. The highest BCUT2D eigenvalue weighted by Gasteiger charge is 2.22. The zero-order valence-corrected chi connectivity index (χ0v) is 12.2. The maximum Gasteiger partial charge on any atom is 0.164 e. The molecule has 1 aliphatic rings. The van der Waals surface area contributed by atoms with Crippen LogP contribution in [0.2, 0.25) is 0 Å². The van der Waals surface area contributed by atoms with Crippen LogP contribution in [0.3, 0.4) is 0 Å². The Kier molecular flexibility index (Phi) is 3.47. The second-order valence-corrected chi connectivity index (χ2v) is 5.70. The van der Waals surface area contributed by atoms with Crippen LogP contribution in [0, 0.1) is 13.8 Å². The molecule has 0 unspecified atom stereocenters. The van der Waals surface area contributed by atoms with Crippen LogP contribution in [0.25, 0.3) is 0 Å². The van der Waals surface area contributed by atoms with Gasteiger partial charge in [-0.3, -0.25) is 9.89 Å². The van der Waals surface area contributed by atoms with E-state index in [4.69, 9.17) is 0 Å². The van der Waals surface area contributed by atoms with E-state index in [0.717, 1.165) is 43.5 Å². The molecule has 0 aromatic carbocycles. The molecule has 0 amide bonds. The van der Waals surface area contributed by atoms with Gasteiger partial charge in [-0.2, -0.15) is 5.10 Å². The number of aryl methyl sites for hydroxylation is 3. The van der Waals surface area contributed by atoms with Gasteiger partial charge in [-0.15, -0.1) is 0 Å². The maximum absolute atomic E-state index is 11.9. The average Bonchev–Trinajstić information content (AvgIpc) is 2.96. The molecule has 2 aromatic rings. The first kappa shape index (κ1) is 13.2. The van der Waals surface area contributed by atoms with Crippen molar-refractivity contribution in [1.82, 2.24) is 14.8 Å². The zero-order valence-electron chi connectivity index (χ0n) is 12.2. The number of carbonyl (C=O) groups excluding carboxylic acids is 1. The highest BCUT2D eigenvalue weighted by molar-refractivity contribution is 5.98. The molecule has 0 saturated carbocycles. The first-order valence-electron chi connectivity index (χ1n) is 7.38. The van der Waals surface area contributed by atoms with Gasteiger partial charge in [0.05, 0.1) is 6.20 Å². The van der Waals surface area contributed by atoms with Crippen molar-refractivity contribution in [2.75, 3.05) is 0 Å². The van der Waals surface area contributed by atoms with Crippen molar-refractivity contribution in [3.63, 3.8) is 0 Å². The molecule has 0 atom stereocenters. The van der Waals surface area contributed by atoms with E-state index in [1.54, 1.807) is 0 Å². The molecule has 20 heavy (non-hydrogen) atoms. The second kappa shape index (κ2) is 5.27. The predicted octanol–water partition coefficient (Wildman–Crippen LogP) is 2.98. The Balaban J connectivity index is 1.72. The minimum Gasteiger partial charge on any atom is -0.348 e. The Morgan fingerprint density at radius 2 is 2.20 bits per heavy atom. The molecule has 0 radical (unpaired) electrons. The monoisotopic (exact) mass is 271 g/mol. The third kappa shape index (κ3) is 2.30. The number of aromatic nitrogens is 3. The largest absolute Gasteiger partial charge is 0.348 e. The average molecular weight is 271 g/mol. The summed E-state index contributed by atoms with van der Waals surface area (Å²) in [5.74, 6) is 0.318. The van der Waals surface area contributed by atoms with E-state index in [2.05, 4.69) is 34.7 Å². The number of nitrogens with zero attached hydrogens (tertiary/aromatic N) is 2. The first-order valence-corrected chi connectivity index (χ1v) is 7.38. The molecule has 4 heteroatoms. The third-order valence-corrected chi connectivity index (χ3v) is 4.30. The van der Waals surface area contributed by atoms with Crippen LogP contribution in [0.1, 0.15) is 52.3 Å². The molecule has 1 N–H and O–H groups in total. The van der Waals surface area contributed by atoms with Crippen molar-refractivity contribution in [2.24, 2.45) is 0 Å². The molecule has 2 aromatic heterocycles. The summed E-state index contributed by atoms with van der Waals surface area (Å²) in [4.78, 5) is 11.9. The zero-order chi connectivity index (χ0) is 14.1. The molecule has 1 aliphatic carbocycles. The topological polar surface area (TPSA) is 50.7 Å². The third-order valence-electron chi connectivity index (χ3n) is 4.30. The Morgan fingerprint density at radius 3 is 2.95 bits per heavy atom. The number of H-pyrrole nitrogens is 1. The molecule has 0 fully saturated rings. The highest BCUT2D eigenvalue weighted by atomic mass is 16.1. The summed E-state index contributed by atoms with van der Waals surface area (Å²) in [5, 5.41) is 7.04. The number of hydrogen-bond acceptors (Lipinski definition) is 2. The fraction of sp³-hybridized carbons (Fsp3) is 0.500. The van der Waals surface area contributed by atoms with Crippen molar-refractivity contribution < 1.29 is 4.79 Å². The van der Waals surface area contributed by atoms with Crippen molar-refractivity contribution in [3.05, 3.63) is 40.5 Å². The standard InChI is InChI=1S/C16H21N3O/c1-11-9-14-15(6-3-7-16(14)20)19(11)8-4-5-13-10-17-18-12(13)2/h9-10H,3-8H2,1-2H3,(H,17,18). The molecular formula is C16H21N3O. The van der Waals surface area contributed by atoms with Gasteiger partial charge in [-0.25, -0.2) is 0 Å². The lowest BCUT2D eigenvalue weighted by Gasteiger charge is -2.16. The first-order chi connectivity index (χ1) is 9.66. The molecule has 0 aliphatic heterocycles. The minimum absolute atomic E-state index is 0.318. The smallest absolute Gasteiger partial charge is 0.164 e. The van der Waals surface area contributed by atoms with E-state index in [9.17, 15) is 4.79 Å². The van der Waals surface area contributed by atoms with E-state index < -0.39 is 0 Å². The summed E-state index contributed by atoms with van der Waals surface area (Å²) in [6, 6.07) is 2.07. The summed E-state index contributed by atoms with van der Waals surface area (Å²) in [6.07, 6.45) is 6.77. The Labute approximate surface area is 119 Å². The van der Waals surface area contributed by atoms with E-state index >= 15 is 0 Å². The lowest BCUT2D eigenvalue weighted by Crippen LogP contribution is -2.14. The van der Waals surface area contributed by atoms with E-state index in [1.807, 2.05) is 6.20 Å². The number of nitrogens with one attached hydrogen (secondary N) is 1. The number of aromatic amines is 1. The van der Waals surface area contributed by atoms with Crippen LogP contribution in [-0.2, 0) is 19.4 Å². The van der Waals surface area contributed by atoms with Gasteiger partial charge in [0, 0.05) is 35.6 Å². The quantitative estimate of drug-likeness (QED) is 0.929. The van der Waals surface area contributed by atoms with Crippen molar-refractivity contribution in [3.8, 4) is 0 Å². The number of rotatable bonds is 4. The molecule has 4 nitrogen and oxygen atoms in total. The van der Waals surface area contributed by atoms with Crippen molar-refractivity contribution in [2.45, 2.75) is 52.5 Å². The van der Waals surface area contributed by atoms with Gasteiger partial charge in [0.25, 0.3) is 0 Å². The second-order valence-electron chi connectivity index (χ2n) is 5.70. The van der Waals surface area contributed by atoms with Crippen molar-refractivity contribution >= 4 is 5.78 Å². The van der Waals surface area contributed by atoms with E-state index in [1.165, 1.54) is 17.0 Å². The summed E-state index contributed by atoms with van der Waals surface area (Å²) in [7, 11) is 0. The Morgan fingerprint density at radius 1 is 1.35 bits per heavy atom. The number of carbonyl (C=O) groups is 1. The van der Waals surface area contributed by atoms with Crippen molar-refractivity contribution in [1.29, 1.82) is 0 Å². The number of fused-ring (bicyclic) bond motifs is 1. The van der Waals surface area contributed by atoms with Gasteiger partial charge in [-0.1, -0.05) is 0 Å². The van der Waals surface area contributed by atoms with Crippen LogP contribution >= 0.6 is 0 Å². The SMILES string of the molecule is Cc1[nH]ncc1CCCn1c(C)cc2c1CCCC2=O. The van der Waals surface area contributed by atoms with E-state index in [-0.39, 0.29) is 0 Å². The highest BCUT2D eigenvalue weighted by Crippen LogP contribution is 2.25. The van der Waals surface area contributed by atoms with Gasteiger partial charge in [0.15, 0.2) is 5.78 Å². The molecule has 0 spiro atoms. The summed E-state index contributed by atoms with van der Waals surface area (Å²) < 4.78 is 2.34. The molecular weight excluding hydrogens is 250 g/mol. The lowest BCUT2D eigenvalue weighted by atomic mass is 9.96. The van der Waals surface area contributed by atoms with E-state index in [0.29, 0.717) is 12.2 Å². The molecule has 2 heterocycles. The number of hydrogen-bond donors (Lipinski definition) is 1. The molecule has 3 rings (SSSR count). The molecule has 0 saturated heterocycles. The van der Waals surface area contributed by atoms with Gasteiger partial charge in [0.2, 0.25) is 0 Å². The minimum atomic E-state index is 0.318. The summed E-state index contributed by atoms with van der Waals surface area (Å²) in [5.41, 5.74) is 5.89. The normalized spacial score (nSPS) is 14.6. The summed E-state index contributed by atoms with van der Waals surface area (Å²) in [6.45, 7) is 5.15. The van der Waals surface area contributed by atoms with Gasteiger partial charge >= 0.3 is 0 Å². The molecule has 0 bridgehead atoms. The fourth-order valence-corrected chi connectivity index (χ4v) is 3.16. The number of Topliss-reactive ketones (excluding diaryl/α,β-unsaturated/α-hetero) is 1. The van der Waals surface area contributed by atoms with Gasteiger partial charge < -0.3 is 4.57 Å². The van der Waals surface area contributed by atoms with Crippen LogP contribution in [0.5, 0.6) is 0 Å². The Bertz CT molecular complexity index is 636. The van der Waals surface area contributed by atoms with Crippen LogP contribution in [0.4, 0.5) is 0 Å². The van der Waals surface area contributed by atoms with Gasteiger partial charge in [-0.05, 0) is 51.2 Å². The van der Waals surface area contributed by atoms with Crippen LogP contribution in [-0.4, -0.2) is 20.5 Å². The fourth-order valence-electron chi connectivity index (χ4n) is 3.16. The van der Waals surface area contributed by atoms with Crippen LogP contribution < -0.4 is 0 Å². The Hall–Kier alpha value is -1.84. The van der Waals surface area contributed by atoms with Crippen LogP contribution in [0.15, 0.2) is 12.3 Å². The predicted molar refractivity (Wildman–Crippen MR) is 78.1 cm³/mol.